The highest BCUT2D eigenvalue weighted by molar-refractivity contribution is 7.09. The van der Waals surface area contributed by atoms with Gasteiger partial charge in [-0.05, 0) is 42.6 Å². The van der Waals surface area contributed by atoms with Gasteiger partial charge < -0.3 is 5.73 Å². The lowest BCUT2D eigenvalue weighted by molar-refractivity contribution is 0.178. The maximum Gasteiger partial charge on any atom is 0.0500 e. The minimum atomic E-state index is 0.0494. The van der Waals surface area contributed by atoms with E-state index in [4.69, 9.17) is 17.3 Å². The first kappa shape index (κ1) is 15.5. The van der Waals surface area contributed by atoms with Crippen molar-refractivity contribution in [2.24, 2.45) is 5.73 Å². The molecule has 108 valence electrons. The number of thiophene rings is 1. The van der Waals surface area contributed by atoms with Crippen LogP contribution in [-0.4, -0.2) is 17.5 Å². The van der Waals surface area contributed by atoms with E-state index in [9.17, 15) is 0 Å². The van der Waals surface area contributed by atoms with Crippen LogP contribution >= 0.6 is 22.9 Å². The molecule has 0 aliphatic heterocycles. The number of halogens is 1. The molecule has 0 amide bonds. The molecule has 0 radical (unpaired) electrons. The second-order valence-electron chi connectivity index (χ2n) is 5.00. The lowest BCUT2D eigenvalue weighted by Crippen LogP contribution is -2.39. The summed E-state index contributed by atoms with van der Waals surface area (Å²) >= 11 is 7.91. The number of nitrogens with zero attached hydrogens (tertiary/aromatic N) is 1. The maximum atomic E-state index is 6.24. The van der Waals surface area contributed by atoms with Gasteiger partial charge in [0, 0.05) is 22.5 Å². The van der Waals surface area contributed by atoms with E-state index in [-0.39, 0.29) is 12.1 Å². The molecule has 2 aromatic rings. The predicted octanol–water partition coefficient (Wildman–Crippen LogP) is 4.31. The zero-order valence-electron chi connectivity index (χ0n) is 11.9. The third-order valence-corrected chi connectivity index (χ3v) is 4.52. The Labute approximate surface area is 130 Å². The van der Waals surface area contributed by atoms with E-state index >= 15 is 0 Å². The summed E-state index contributed by atoms with van der Waals surface area (Å²) in [5, 5.41) is 2.88. The molecule has 2 nitrogen and oxygen atoms in total. The zero-order valence-corrected chi connectivity index (χ0v) is 13.5. The van der Waals surface area contributed by atoms with Gasteiger partial charge in [-0.1, -0.05) is 36.7 Å². The number of hydrogen-bond donors (Lipinski definition) is 1. The fourth-order valence-corrected chi connectivity index (χ4v) is 3.48. The first-order valence-electron chi connectivity index (χ1n) is 6.89. The first-order valence-corrected chi connectivity index (χ1v) is 8.15. The Balaban J connectivity index is 2.26. The van der Waals surface area contributed by atoms with Crippen LogP contribution in [-0.2, 0) is 6.54 Å². The van der Waals surface area contributed by atoms with Crippen LogP contribution in [0.2, 0.25) is 5.02 Å². The van der Waals surface area contributed by atoms with Gasteiger partial charge in [-0.3, -0.25) is 4.90 Å². The minimum Gasteiger partial charge on any atom is -0.326 e. The Morgan fingerprint density at radius 2 is 2.10 bits per heavy atom. The number of likely N-dealkylation sites (N-methyl/N-ethyl adjacent to an activating group) is 1. The van der Waals surface area contributed by atoms with Crippen LogP contribution in [0.1, 0.15) is 30.3 Å². The van der Waals surface area contributed by atoms with Gasteiger partial charge >= 0.3 is 0 Å². The molecule has 1 heterocycles. The van der Waals surface area contributed by atoms with Gasteiger partial charge in [-0.25, -0.2) is 0 Å². The van der Waals surface area contributed by atoms with Crippen LogP contribution in [0.5, 0.6) is 0 Å². The van der Waals surface area contributed by atoms with Crippen molar-refractivity contribution in [3.05, 3.63) is 57.2 Å². The number of rotatable bonds is 6. The van der Waals surface area contributed by atoms with Crippen LogP contribution in [0.15, 0.2) is 41.8 Å². The second kappa shape index (κ2) is 7.23. The monoisotopic (exact) mass is 308 g/mol. The Morgan fingerprint density at radius 3 is 2.65 bits per heavy atom. The minimum absolute atomic E-state index is 0.0494. The highest BCUT2D eigenvalue weighted by atomic mass is 35.5. The fourth-order valence-electron chi connectivity index (χ4n) is 2.55. The molecule has 0 saturated carbocycles. The topological polar surface area (TPSA) is 29.3 Å². The second-order valence-corrected chi connectivity index (χ2v) is 6.47. The molecule has 1 aromatic heterocycles. The van der Waals surface area contributed by atoms with Gasteiger partial charge in [0.05, 0.1) is 6.04 Å². The van der Waals surface area contributed by atoms with Crippen LogP contribution in [0.25, 0.3) is 0 Å². The fraction of sp³-hybridized carbons (Fsp3) is 0.375. The Bertz CT molecular complexity index is 525. The molecule has 2 atom stereocenters. The van der Waals surface area contributed by atoms with Crippen LogP contribution < -0.4 is 5.73 Å². The molecular weight excluding hydrogens is 288 g/mol. The van der Waals surface area contributed by atoms with E-state index in [1.54, 1.807) is 11.3 Å². The number of hydrogen-bond acceptors (Lipinski definition) is 3. The standard InChI is InChI=1S/C16H21ClN2S/c1-3-19(11-15-8-5-9-20-15)16(12(2)18)13-6-4-7-14(17)10-13/h4-10,12,16H,3,11,18H2,1-2H3. The smallest absolute Gasteiger partial charge is 0.0500 e. The van der Waals surface area contributed by atoms with Crippen molar-refractivity contribution in [3.63, 3.8) is 0 Å². The summed E-state index contributed by atoms with van der Waals surface area (Å²) in [5.74, 6) is 0. The van der Waals surface area contributed by atoms with E-state index in [2.05, 4.69) is 42.3 Å². The van der Waals surface area contributed by atoms with E-state index in [1.165, 1.54) is 10.4 Å². The highest BCUT2D eigenvalue weighted by Crippen LogP contribution is 2.28. The summed E-state index contributed by atoms with van der Waals surface area (Å²) in [4.78, 5) is 3.77. The van der Waals surface area contributed by atoms with Gasteiger partial charge in [0.2, 0.25) is 0 Å². The van der Waals surface area contributed by atoms with Crippen molar-refractivity contribution < 1.29 is 0 Å². The van der Waals surface area contributed by atoms with Crippen LogP contribution in [0.4, 0.5) is 0 Å². The lowest BCUT2D eigenvalue weighted by Gasteiger charge is -2.33. The molecule has 0 aliphatic rings. The van der Waals surface area contributed by atoms with Crippen molar-refractivity contribution in [1.29, 1.82) is 0 Å². The maximum absolute atomic E-state index is 6.24. The summed E-state index contributed by atoms with van der Waals surface area (Å²) in [6, 6.07) is 12.5. The average molecular weight is 309 g/mol. The van der Waals surface area contributed by atoms with E-state index < -0.39 is 0 Å². The van der Waals surface area contributed by atoms with Crippen molar-refractivity contribution in [1.82, 2.24) is 4.90 Å². The SMILES string of the molecule is CCN(Cc1cccs1)C(c1cccc(Cl)c1)C(C)N. The molecule has 1 aromatic carbocycles. The van der Waals surface area contributed by atoms with E-state index in [1.807, 2.05) is 18.2 Å². The zero-order chi connectivity index (χ0) is 14.5. The van der Waals surface area contributed by atoms with E-state index in [0.717, 1.165) is 18.1 Å². The van der Waals surface area contributed by atoms with Crippen molar-refractivity contribution in [2.45, 2.75) is 32.5 Å². The normalized spacial score (nSPS) is 14.4. The van der Waals surface area contributed by atoms with Crippen LogP contribution in [0.3, 0.4) is 0 Å². The van der Waals surface area contributed by atoms with Gasteiger partial charge in [0.25, 0.3) is 0 Å². The highest BCUT2D eigenvalue weighted by Gasteiger charge is 2.23. The van der Waals surface area contributed by atoms with Crippen LogP contribution in [0, 0.1) is 0 Å². The quantitative estimate of drug-likeness (QED) is 0.861. The van der Waals surface area contributed by atoms with Gasteiger partial charge in [0.1, 0.15) is 0 Å². The molecule has 20 heavy (non-hydrogen) atoms. The Morgan fingerprint density at radius 1 is 1.30 bits per heavy atom. The van der Waals surface area contributed by atoms with Gasteiger partial charge in [-0.2, -0.15) is 0 Å². The molecule has 2 unspecified atom stereocenters. The van der Waals surface area contributed by atoms with E-state index in [0.29, 0.717) is 0 Å². The number of nitrogens with two attached hydrogens (primary N) is 1. The molecule has 0 aliphatic carbocycles. The molecule has 4 heteroatoms. The third kappa shape index (κ3) is 3.83. The van der Waals surface area contributed by atoms with Crippen molar-refractivity contribution >= 4 is 22.9 Å². The molecule has 0 bridgehead atoms. The molecule has 0 fully saturated rings. The average Bonchev–Trinajstić information content (AvgIpc) is 2.90. The van der Waals surface area contributed by atoms with Gasteiger partial charge in [0.15, 0.2) is 0 Å². The molecule has 0 saturated heterocycles. The van der Waals surface area contributed by atoms with Crippen molar-refractivity contribution in [2.75, 3.05) is 6.54 Å². The Hall–Kier alpha value is -0.870. The Kier molecular flexibility index (Phi) is 5.61. The predicted molar refractivity (Wildman–Crippen MR) is 88.2 cm³/mol. The largest absolute Gasteiger partial charge is 0.326 e. The van der Waals surface area contributed by atoms with Crippen molar-refractivity contribution in [3.8, 4) is 0 Å². The summed E-state index contributed by atoms with van der Waals surface area (Å²) in [6.07, 6.45) is 0. The summed E-state index contributed by atoms with van der Waals surface area (Å²) in [7, 11) is 0. The molecule has 2 N–H and O–H groups in total. The molecular formula is C16H21ClN2S. The first-order chi connectivity index (χ1) is 9.61. The third-order valence-electron chi connectivity index (χ3n) is 3.43. The summed E-state index contributed by atoms with van der Waals surface area (Å²) in [6.45, 7) is 6.11. The number of benzene rings is 1. The summed E-state index contributed by atoms with van der Waals surface area (Å²) in [5.41, 5.74) is 7.43. The van der Waals surface area contributed by atoms with Gasteiger partial charge in [-0.15, -0.1) is 11.3 Å². The lowest BCUT2D eigenvalue weighted by atomic mass is 9.99. The molecule has 2 rings (SSSR count). The summed E-state index contributed by atoms with van der Waals surface area (Å²) < 4.78 is 0. The molecule has 0 spiro atoms.